The number of benzene rings is 4. The molecule has 1 amide bonds. The molecule has 4 aromatic carbocycles. The van der Waals surface area contributed by atoms with Gasteiger partial charge in [-0.2, -0.15) is 0 Å². The predicted molar refractivity (Wildman–Crippen MR) is 161 cm³/mol. The van der Waals surface area contributed by atoms with E-state index < -0.39 is 0 Å². The monoisotopic (exact) mass is 531 g/mol. The van der Waals surface area contributed by atoms with Gasteiger partial charge in [-0.05, 0) is 59.5 Å². The molecule has 1 fully saturated rings. The summed E-state index contributed by atoms with van der Waals surface area (Å²) >= 11 is 0. The van der Waals surface area contributed by atoms with Crippen LogP contribution in [0.3, 0.4) is 0 Å². The fourth-order valence-electron chi connectivity index (χ4n) is 6.06. The van der Waals surface area contributed by atoms with Crippen molar-refractivity contribution in [2.75, 3.05) is 44.7 Å². The molecule has 1 saturated heterocycles. The van der Waals surface area contributed by atoms with Gasteiger partial charge >= 0.3 is 0 Å². The topological polar surface area (TPSA) is 36.0 Å². The van der Waals surface area contributed by atoms with Crippen molar-refractivity contribution in [3.63, 3.8) is 0 Å². The largest absolute Gasteiger partial charge is 0.497 e. The van der Waals surface area contributed by atoms with Crippen molar-refractivity contribution in [3.05, 3.63) is 131 Å². The summed E-state index contributed by atoms with van der Waals surface area (Å²) in [5.41, 5.74) is 7.01. The lowest BCUT2D eigenvalue weighted by molar-refractivity contribution is 0.0766. The lowest BCUT2D eigenvalue weighted by Crippen LogP contribution is -2.46. The molecular weight excluding hydrogens is 494 g/mol. The van der Waals surface area contributed by atoms with Crippen LogP contribution in [0.1, 0.15) is 45.0 Å². The highest BCUT2D eigenvalue weighted by Gasteiger charge is 2.29. The van der Waals surface area contributed by atoms with Crippen LogP contribution >= 0.6 is 0 Å². The van der Waals surface area contributed by atoms with E-state index in [2.05, 4.69) is 88.7 Å². The van der Waals surface area contributed by atoms with Gasteiger partial charge in [-0.1, -0.05) is 78.9 Å². The first-order chi connectivity index (χ1) is 19.7. The van der Waals surface area contributed by atoms with Gasteiger partial charge in [0.1, 0.15) is 5.75 Å². The van der Waals surface area contributed by atoms with Gasteiger partial charge in [0, 0.05) is 56.4 Å². The van der Waals surface area contributed by atoms with Crippen LogP contribution in [0.4, 0.5) is 5.69 Å². The van der Waals surface area contributed by atoms with Gasteiger partial charge < -0.3 is 14.5 Å². The van der Waals surface area contributed by atoms with E-state index in [0.29, 0.717) is 19.0 Å². The molecule has 0 spiro atoms. The van der Waals surface area contributed by atoms with Gasteiger partial charge in [-0.3, -0.25) is 9.69 Å². The number of anilines is 1. The number of hydrogen-bond donors (Lipinski definition) is 0. The predicted octanol–water partition coefficient (Wildman–Crippen LogP) is 6.20. The zero-order valence-corrected chi connectivity index (χ0v) is 23.2. The summed E-state index contributed by atoms with van der Waals surface area (Å²) < 4.78 is 5.26. The summed E-state index contributed by atoms with van der Waals surface area (Å²) in [6, 6.07) is 36.2. The maximum Gasteiger partial charge on any atom is 0.254 e. The molecule has 0 aromatic heterocycles. The first kappa shape index (κ1) is 26.1. The SMILES string of the molecule is COc1ccc(CN2Cc3ccc(N4CCN(CCC(c5ccccc5)c5ccccc5)CC4)cc3C2=O)cc1. The maximum absolute atomic E-state index is 13.3. The number of carbonyl (C=O) groups is 1. The van der Waals surface area contributed by atoms with Crippen LogP contribution in [-0.4, -0.2) is 55.5 Å². The molecule has 2 aliphatic rings. The van der Waals surface area contributed by atoms with Crippen LogP contribution in [-0.2, 0) is 13.1 Å². The second kappa shape index (κ2) is 12.0. The number of nitrogens with zero attached hydrogens (tertiary/aromatic N) is 3. The Morgan fingerprint density at radius 2 is 1.43 bits per heavy atom. The van der Waals surface area contributed by atoms with Crippen LogP contribution in [0.2, 0.25) is 0 Å². The molecule has 5 heteroatoms. The number of piperazine rings is 1. The van der Waals surface area contributed by atoms with Gasteiger partial charge in [0.15, 0.2) is 0 Å². The maximum atomic E-state index is 13.3. The van der Waals surface area contributed by atoms with E-state index in [4.69, 9.17) is 4.74 Å². The fraction of sp³-hybridized carbons (Fsp3) is 0.286. The number of methoxy groups -OCH3 is 1. The molecule has 6 rings (SSSR count). The van der Waals surface area contributed by atoms with Crippen molar-refractivity contribution in [3.8, 4) is 5.75 Å². The molecule has 0 N–H and O–H groups in total. The first-order valence-corrected chi connectivity index (χ1v) is 14.3. The zero-order valence-electron chi connectivity index (χ0n) is 23.2. The molecule has 204 valence electrons. The smallest absolute Gasteiger partial charge is 0.254 e. The molecule has 0 atom stereocenters. The number of fused-ring (bicyclic) bond motifs is 1. The minimum atomic E-state index is 0.124. The molecule has 0 saturated carbocycles. The molecular formula is C35H37N3O2. The van der Waals surface area contributed by atoms with Crippen LogP contribution < -0.4 is 9.64 Å². The van der Waals surface area contributed by atoms with E-state index in [1.807, 2.05) is 29.2 Å². The normalized spacial score (nSPS) is 15.5. The minimum Gasteiger partial charge on any atom is -0.497 e. The molecule has 0 bridgehead atoms. The van der Waals surface area contributed by atoms with Gasteiger partial charge in [0.25, 0.3) is 5.91 Å². The average Bonchev–Trinajstić information content (AvgIpc) is 3.33. The van der Waals surface area contributed by atoms with Crippen molar-refractivity contribution in [2.24, 2.45) is 0 Å². The number of carbonyl (C=O) groups excluding carboxylic acids is 1. The standard InChI is InChI=1S/C35H37N3O2/c1-40-32-16-12-27(13-17-32)25-38-26-30-14-15-31(24-34(30)35(38)39)37-22-20-36(21-23-37)19-18-33(28-8-4-2-5-9-28)29-10-6-3-7-11-29/h2-17,24,33H,18-23,25-26H2,1H3. The van der Waals surface area contributed by atoms with Gasteiger partial charge in [-0.15, -0.1) is 0 Å². The molecule has 2 aliphatic heterocycles. The van der Waals surface area contributed by atoms with E-state index in [1.54, 1.807) is 7.11 Å². The summed E-state index contributed by atoms with van der Waals surface area (Å²) in [6.07, 6.45) is 1.10. The summed E-state index contributed by atoms with van der Waals surface area (Å²) in [7, 11) is 1.67. The Bertz CT molecular complexity index is 1370. The summed E-state index contributed by atoms with van der Waals surface area (Å²) in [4.78, 5) is 20.2. The van der Waals surface area contributed by atoms with Crippen molar-refractivity contribution in [1.29, 1.82) is 0 Å². The number of amides is 1. The van der Waals surface area contributed by atoms with E-state index in [1.165, 1.54) is 11.1 Å². The quantitative estimate of drug-likeness (QED) is 0.258. The van der Waals surface area contributed by atoms with Crippen LogP contribution in [0, 0.1) is 0 Å². The minimum absolute atomic E-state index is 0.124. The Kier molecular flexibility index (Phi) is 7.83. The zero-order chi connectivity index (χ0) is 27.3. The number of rotatable bonds is 9. The molecule has 40 heavy (non-hydrogen) atoms. The number of ether oxygens (including phenoxy) is 1. The Labute approximate surface area is 237 Å². The highest BCUT2D eigenvalue weighted by atomic mass is 16.5. The van der Waals surface area contributed by atoms with Crippen molar-refractivity contribution in [2.45, 2.75) is 25.4 Å². The van der Waals surface area contributed by atoms with Gasteiger partial charge in [0.2, 0.25) is 0 Å². The molecule has 0 aliphatic carbocycles. The lowest BCUT2D eigenvalue weighted by Gasteiger charge is -2.37. The van der Waals surface area contributed by atoms with Crippen molar-refractivity contribution < 1.29 is 9.53 Å². The molecule has 0 radical (unpaired) electrons. The third-order valence-electron chi connectivity index (χ3n) is 8.38. The summed E-state index contributed by atoms with van der Waals surface area (Å²) in [5.74, 6) is 1.36. The lowest BCUT2D eigenvalue weighted by atomic mass is 9.88. The Balaban J connectivity index is 1.05. The fourth-order valence-corrected chi connectivity index (χ4v) is 6.06. The van der Waals surface area contributed by atoms with Gasteiger partial charge in [0.05, 0.1) is 7.11 Å². The third kappa shape index (κ3) is 5.75. The van der Waals surface area contributed by atoms with E-state index in [0.717, 1.165) is 67.3 Å². The summed E-state index contributed by atoms with van der Waals surface area (Å²) in [6.45, 7) is 6.37. The van der Waals surface area contributed by atoms with Crippen LogP contribution in [0.25, 0.3) is 0 Å². The molecule has 2 heterocycles. The van der Waals surface area contributed by atoms with E-state index >= 15 is 0 Å². The average molecular weight is 532 g/mol. The van der Waals surface area contributed by atoms with Crippen LogP contribution in [0.15, 0.2) is 103 Å². The van der Waals surface area contributed by atoms with Gasteiger partial charge in [-0.25, -0.2) is 0 Å². The Hall–Kier alpha value is -4.09. The Morgan fingerprint density at radius 1 is 0.775 bits per heavy atom. The molecule has 4 aromatic rings. The Morgan fingerprint density at radius 3 is 2.05 bits per heavy atom. The number of hydrogen-bond acceptors (Lipinski definition) is 4. The third-order valence-corrected chi connectivity index (χ3v) is 8.38. The second-order valence-electron chi connectivity index (χ2n) is 10.8. The van der Waals surface area contributed by atoms with E-state index in [9.17, 15) is 4.79 Å². The summed E-state index contributed by atoms with van der Waals surface area (Å²) in [5, 5.41) is 0. The van der Waals surface area contributed by atoms with Crippen molar-refractivity contribution in [1.82, 2.24) is 9.80 Å². The first-order valence-electron chi connectivity index (χ1n) is 14.3. The van der Waals surface area contributed by atoms with Crippen LogP contribution in [0.5, 0.6) is 5.75 Å². The highest BCUT2D eigenvalue weighted by Crippen LogP contribution is 2.31. The van der Waals surface area contributed by atoms with Crippen molar-refractivity contribution >= 4 is 11.6 Å². The second-order valence-corrected chi connectivity index (χ2v) is 10.8. The molecule has 5 nitrogen and oxygen atoms in total. The highest BCUT2D eigenvalue weighted by molar-refractivity contribution is 5.99. The molecule has 0 unspecified atom stereocenters. The van der Waals surface area contributed by atoms with E-state index in [-0.39, 0.29) is 5.91 Å².